The van der Waals surface area contributed by atoms with Crippen molar-refractivity contribution in [1.29, 1.82) is 0 Å². The number of esters is 3. The quantitative estimate of drug-likeness (QED) is 0.589. The molecule has 0 unspecified atom stereocenters. The third-order valence-corrected chi connectivity index (χ3v) is 2.64. The fourth-order valence-electron chi connectivity index (χ4n) is 1.18. The summed E-state index contributed by atoms with van der Waals surface area (Å²) in [5.41, 5.74) is -1.98. The maximum Gasteiger partial charge on any atom is 0.351 e. The van der Waals surface area contributed by atoms with E-state index in [-0.39, 0.29) is 0 Å². The van der Waals surface area contributed by atoms with E-state index in [0.717, 1.165) is 7.11 Å². The zero-order valence-corrected chi connectivity index (χ0v) is 14.5. The molecule has 0 spiro atoms. The van der Waals surface area contributed by atoms with Gasteiger partial charge in [0.25, 0.3) is 0 Å². The molecule has 0 fully saturated rings. The van der Waals surface area contributed by atoms with E-state index in [1.807, 2.05) is 0 Å². The van der Waals surface area contributed by atoms with E-state index in [1.54, 1.807) is 0 Å². The molecule has 2 atom stereocenters. The number of carboxylic acids is 1. The molecule has 23 heavy (non-hydrogen) atoms. The van der Waals surface area contributed by atoms with Crippen molar-refractivity contribution in [1.82, 2.24) is 0 Å². The third kappa shape index (κ3) is 6.25. The molecule has 0 aromatic carbocycles. The molecule has 0 heterocycles. The molecule has 0 aromatic heterocycles. The van der Waals surface area contributed by atoms with Gasteiger partial charge < -0.3 is 19.3 Å². The first-order valence-electron chi connectivity index (χ1n) is 6.94. The van der Waals surface area contributed by atoms with Crippen LogP contribution >= 0.6 is 0 Å². The lowest BCUT2D eigenvalue weighted by Crippen LogP contribution is -2.48. The van der Waals surface area contributed by atoms with Gasteiger partial charge in [0.05, 0.1) is 17.9 Å². The Balaban J connectivity index is 5.53. The number of hydrogen-bond donors (Lipinski definition) is 1. The minimum atomic E-state index is -2.00. The average Bonchev–Trinajstić information content (AvgIpc) is 2.38. The number of ether oxygens (including phenoxy) is 3. The molecule has 0 amide bonds. The zero-order chi connectivity index (χ0) is 18.6. The maximum absolute atomic E-state index is 11.9. The van der Waals surface area contributed by atoms with Crippen molar-refractivity contribution in [3.8, 4) is 0 Å². The molecule has 0 radical (unpaired) electrons. The third-order valence-electron chi connectivity index (χ3n) is 2.64. The highest BCUT2D eigenvalue weighted by Crippen LogP contribution is 2.22. The van der Waals surface area contributed by atoms with Crippen molar-refractivity contribution in [2.45, 2.75) is 53.8 Å². The van der Waals surface area contributed by atoms with Crippen LogP contribution in [-0.4, -0.2) is 48.3 Å². The number of carboxylic acid groups (broad SMARTS) is 1. The Bertz CT molecular complexity index is 481. The molecular formula is C15H24O8. The molecule has 8 heteroatoms. The van der Waals surface area contributed by atoms with Crippen LogP contribution in [0.4, 0.5) is 0 Å². The summed E-state index contributed by atoms with van der Waals surface area (Å²) in [5, 5.41) is 9.24. The van der Waals surface area contributed by atoms with Crippen LogP contribution < -0.4 is 0 Å². The van der Waals surface area contributed by atoms with Crippen molar-refractivity contribution in [2.24, 2.45) is 10.8 Å². The standard InChI is InChI=1S/C15H24O8/c1-14(2,3)12(19)22-8(10(16)17)9(11(18)21-7)23-13(20)15(4,5)6/h8-9H,1-7H3,(H,16,17)/t8-,9-/m1/s1. The minimum absolute atomic E-state index is 0.828. The van der Waals surface area contributed by atoms with Crippen LogP contribution in [0.25, 0.3) is 0 Å². The topological polar surface area (TPSA) is 116 Å². The summed E-state index contributed by atoms with van der Waals surface area (Å²) in [6.07, 6.45) is -3.89. The lowest BCUT2D eigenvalue weighted by atomic mass is 9.96. The fourth-order valence-corrected chi connectivity index (χ4v) is 1.18. The highest BCUT2D eigenvalue weighted by molar-refractivity contribution is 5.89. The van der Waals surface area contributed by atoms with Crippen LogP contribution in [-0.2, 0) is 33.4 Å². The highest BCUT2D eigenvalue weighted by Gasteiger charge is 2.44. The molecule has 0 aliphatic rings. The molecular weight excluding hydrogens is 308 g/mol. The number of carbonyl (C=O) groups excluding carboxylic acids is 3. The van der Waals surface area contributed by atoms with E-state index in [0.29, 0.717) is 0 Å². The molecule has 0 aromatic rings. The van der Waals surface area contributed by atoms with Gasteiger partial charge in [-0.05, 0) is 41.5 Å². The Labute approximate surface area is 135 Å². The smallest absolute Gasteiger partial charge is 0.351 e. The van der Waals surface area contributed by atoms with Crippen LogP contribution in [0.2, 0.25) is 0 Å². The minimum Gasteiger partial charge on any atom is -0.478 e. The fraction of sp³-hybridized carbons (Fsp3) is 0.733. The summed E-state index contributed by atoms with van der Waals surface area (Å²) >= 11 is 0. The van der Waals surface area contributed by atoms with Gasteiger partial charge in [-0.2, -0.15) is 0 Å². The Morgan fingerprint density at radius 1 is 0.783 bits per heavy atom. The number of rotatable bonds is 5. The second kappa shape index (κ2) is 7.43. The maximum atomic E-state index is 11.9. The Morgan fingerprint density at radius 2 is 1.13 bits per heavy atom. The van der Waals surface area contributed by atoms with Crippen molar-refractivity contribution >= 4 is 23.9 Å². The van der Waals surface area contributed by atoms with E-state index in [1.165, 1.54) is 41.5 Å². The molecule has 0 rings (SSSR count). The van der Waals surface area contributed by atoms with Gasteiger partial charge in [0, 0.05) is 0 Å². The van der Waals surface area contributed by atoms with Crippen LogP contribution in [0.3, 0.4) is 0 Å². The van der Waals surface area contributed by atoms with Crippen molar-refractivity contribution in [3.63, 3.8) is 0 Å². The Hall–Kier alpha value is -2.12. The number of carbonyl (C=O) groups is 4. The SMILES string of the molecule is COC(=O)[C@H](OC(=O)C(C)(C)C)[C@@H](OC(=O)C(C)(C)C)C(=O)O. The van der Waals surface area contributed by atoms with Crippen LogP contribution in [0.15, 0.2) is 0 Å². The van der Waals surface area contributed by atoms with Gasteiger partial charge in [-0.15, -0.1) is 0 Å². The highest BCUT2D eigenvalue weighted by atomic mass is 16.6. The average molecular weight is 332 g/mol. The first kappa shape index (κ1) is 20.9. The predicted octanol–water partition coefficient (Wildman–Crippen LogP) is 1.16. The monoisotopic (exact) mass is 332 g/mol. The molecule has 8 nitrogen and oxygen atoms in total. The summed E-state index contributed by atoms with van der Waals surface area (Å²) in [5.74, 6) is -4.44. The first-order valence-corrected chi connectivity index (χ1v) is 6.94. The summed E-state index contributed by atoms with van der Waals surface area (Å²) < 4.78 is 14.2. The normalized spacial score (nSPS) is 14.4. The summed E-state index contributed by atoms with van der Waals surface area (Å²) in [7, 11) is 1.00. The van der Waals surface area contributed by atoms with Crippen molar-refractivity contribution < 1.29 is 38.5 Å². The molecule has 1 N–H and O–H groups in total. The van der Waals surface area contributed by atoms with E-state index in [9.17, 15) is 24.3 Å². The molecule has 0 saturated heterocycles. The summed E-state index contributed by atoms with van der Waals surface area (Å²) in [6.45, 7) is 9.13. The first-order chi connectivity index (χ1) is 10.2. The van der Waals surface area contributed by atoms with Crippen LogP contribution in [0.1, 0.15) is 41.5 Å². The number of methoxy groups -OCH3 is 1. The van der Waals surface area contributed by atoms with Gasteiger partial charge in [-0.25, -0.2) is 9.59 Å². The van der Waals surface area contributed by atoms with Gasteiger partial charge in [0.1, 0.15) is 0 Å². The van der Waals surface area contributed by atoms with E-state index in [2.05, 4.69) is 4.74 Å². The van der Waals surface area contributed by atoms with Crippen molar-refractivity contribution in [3.05, 3.63) is 0 Å². The van der Waals surface area contributed by atoms with Gasteiger partial charge in [0.2, 0.25) is 12.2 Å². The molecule has 0 aliphatic heterocycles. The van der Waals surface area contributed by atoms with Gasteiger partial charge in [-0.1, -0.05) is 0 Å². The molecule has 132 valence electrons. The van der Waals surface area contributed by atoms with Gasteiger partial charge in [0.15, 0.2) is 0 Å². The van der Waals surface area contributed by atoms with E-state index in [4.69, 9.17) is 9.47 Å². The second-order valence-electron chi connectivity index (χ2n) is 7.01. The number of aliphatic carboxylic acids is 1. The van der Waals surface area contributed by atoms with E-state index < -0.39 is 46.9 Å². The van der Waals surface area contributed by atoms with Gasteiger partial charge in [-0.3, -0.25) is 9.59 Å². The predicted molar refractivity (Wildman–Crippen MR) is 78.3 cm³/mol. The Kier molecular flexibility index (Phi) is 6.75. The molecule has 0 bridgehead atoms. The van der Waals surface area contributed by atoms with Crippen LogP contribution in [0, 0.1) is 10.8 Å². The lowest BCUT2D eigenvalue weighted by molar-refractivity contribution is -0.194. The van der Waals surface area contributed by atoms with Gasteiger partial charge >= 0.3 is 23.9 Å². The molecule has 0 aliphatic carbocycles. The van der Waals surface area contributed by atoms with Crippen molar-refractivity contribution in [2.75, 3.05) is 7.11 Å². The molecule has 0 saturated carbocycles. The Morgan fingerprint density at radius 3 is 1.39 bits per heavy atom. The summed E-state index contributed by atoms with van der Waals surface area (Å²) in [6, 6.07) is 0. The van der Waals surface area contributed by atoms with Crippen LogP contribution in [0.5, 0.6) is 0 Å². The largest absolute Gasteiger partial charge is 0.478 e. The zero-order valence-electron chi connectivity index (χ0n) is 14.5. The lowest BCUT2D eigenvalue weighted by Gasteiger charge is -2.27. The van der Waals surface area contributed by atoms with E-state index >= 15 is 0 Å². The number of hydrogen-bond acceptors (Lipinski definition) is 7. The second-order valence-corrected chi connectivity index (χ2v) is 7.01. The summed E-state index contributed by atoms with van der Waals surface area (Å²) in [4.78, 5) is 47.0.